The molecule has 0 aliphatic carbocycles. The summed E-state index contributed by atoms with van der Waals surface area (Å²) in [6.45, 7) is 5.02. The zero-order valence-electron chi connectivity index (χ0n) is 15.1. The first-order valence-electron chi connectivity index (χ1n) is 8.90. The molecule has 0 N–H and O–H groups in total. The standard InChI is InChI=1S/C21H22N2O3/c1-14-6-3-4-7-15(14)12-23-11-10-16(13-23)20-22-18-9-5-8-17(19(18)26-20)21(24)25-2/h3-9,16H,10-13H2,1-2H3/t16-/m0/s1. The largest absolute Gasteiger partial charge is 0.465 e. The van der Waals surface area contributed by atoms with Crippen molar-refractivity contribution in [3.8, 4) is 0 Å². The van der Waals surface area contributed by atoms with Crippen LogP contribution in [0.25, 0.3) is 11.1 Å². The lowest BCUT2D eigenvalue weighted by molar-refractivity contribution is 0.0601. The van der Waals surface area contributed by atoms with E-state index in [1.165, 1.54) is 18.2 Å². The van der Waals surface area contributed by atoms with Crippen LogP contribution in [0.4, 0.5) is 0 Å². The zero-order chi connectivity index (χ0) is 18.1. The van der Waals surface area contributed by atoms with E-state index in [0.29, 0.717) is 22.6 Å². The summed E-state index contributed by atoms with van der Waals surface area (Å²) in [4.78, 5) is 19.0. The number of ether oxygens (including phenoxy) is 1. The Morgan fingerprint density at radius 3 is 2.92 bits per heavy atom. The molecule has 26 heavy (non-hydrogen) atoms. The predicted molar refractivity (Wildman–Crippen MR) is 99.2 cm³/mol. The van der Waals surface area contributed by atoms with Crippen LogP contribution < -0.4 is 0 Å². The van der Waals surface area contributed by atoms with Crippen LogP contribution >= 0.6 is 0 Å². The zero-order valence-corrected chi connectivity index (χ0v) is 15.1. The molecule has 0 unspecified atom stereocenters. The van der Waals surface area contributed by atoms with Crippen LogP contribution in [0, 0.1) is 6.92 Å². The molecule has 1 aliphatic heterocycles. The van der Waals surface area contributed by atoms with Crippen molar-refractivity contribution >= 4 is 17.1 Å². The monoisotopic (exact) mass is 350 g/mol. The number of oxazole rings is 1. The van der Waals surface area contributed by atoms with E-state index in [1.807, 2.05) is 6.07 Å². The summed E-state index contributed by atoms with van der Waals surface area (Å²) in [5, 5.41) is 0. The smallest absolute Gasteiger partial charge is 0.341 e. The first-order chi connectivity index (χ1) is 12.7. The number of carbonyl (C=O) groups excluding carboxylic acids is 1. The Balaban J connectivity index is 1.54. The number of carbonyl (C=O) groups is 1. The van der Waals surface area contributed by atoms with Crippen LogP contribution in [0.15, 0.2) is 46.9 Å². The van der Waals surface area contributed by atoms with Crippen LogP contribution in [-0.4, -0.2) is 36.1 Å². The molecule has 2 heterocycles. The lowest BCUT2D eigenvalue weighted by Gasteiger charge is -2.16. The number of hydrogen-bond acceptors (Lipinski definition) is 5. The first-order valence-corrected chi connectivity index (χ1v) is 8.90. The third-order valence-corrected chi connectivity index (χ3v) is 5.11. The highest BCUT2D eigenvalue weighted by Crippen LogP contribution is 2.31. The van der Waals surface area contributed by atoms with Crippen molar-refractivity contribution < 1.29 is 13.9 Å². The molecule has 3 aromatic rings. The molecule has 0 amide bonds. The van der Waals surface area contributed by atoms with E-state index in [-0.39, 0.29) is 5.92 Å². The molecule has 0 bridgehead atoms. The summed E-state index contributed by atoms with van der Waals surface area (Å²) >= 11 is 0. The average molecular weight is 350 g/mol. The Kier molecular flexibility index (Phi) is 4.47. The Hall–Kier alpha value is -2.66. The number of esters is 1. The fraction of sp³-hybridized carbons (Fsp3) is 0.333. The topological polar surface area (TPSA) is 55.6 Å². The highest BCUT2D eigenvalue weighted by atomic mass is 16.5. The third-order valence-electron chi connectivity index (χ3n) is 5.11. The minimum Gasteiger partial charge on any atom is -0.465 e. The highest BCUT2D eigenvalue weighted by Gasteiger charge is 2.29. The van der Waals surface area contributed by atoms with Crippen LogP contribution in [0.5, 0.6) is 0 Å². The van der Waals surface area contributed by atoms with Gasteiger partial charge in [-0.2, -0.15) is 0 Å². The number of rotatable bonds is 4. The average Bonchev–Trinajstić information content (AvgIpc) is 3.29. The van der Waals surface area contributed by atoms with Crippen LogP contribution in [0.2, 0.25) is 0 Å². The summed E-state index contributed by atoms with van der Waals surface area (Å²) in [5.74, 6) is 0.562. The van der Waals surface area contributed by atoms with Gasteiger partial charge in [0.15, 0.2) is 11.5 Å². The number of aryl methyl sites for hydroxylation is 1. The molecule has 0 saturated carbocycles. The minimum absolute atomic E-state index is 0.247. The second kappa shape index (κ2) is 6.92. The molecule has 5 nitrogen and oxygen atoms in total. The molecule has 1 saturated heterocycles. The SMILES string of the molecule is COC(=O)c1cccc2nc([C@H]3CCN(Cc4ccccc4C)C3)oc12. The van der Waals surface area contributed by atoms with Crippen molar-refractivity contribution in [2.75, 3.05) is 20.2 Å². The minimum atomic E-state index is -0.397. The number of aromatic nitrogens is 1. The Bertz CT molecular complexity index is 947. The van der Waals surface area contributed by atoms with Gasteiger partial charge in [0.2, 0.25) is 0 Å². The Morgan fingerprint density at radius 1 is 1.27 bits per heavy atom. The second-order valence-electron chi connectivity index (χ2n) is 6.84. The van der Waals surface area contributed by atoms with Gasteiger partial charge >= 0.3 is 5.97 Å². The lowest BCUT2D eigenvalue weighted by atomic mass is 10.1. The van der Waals surface area contributed by atoms with Gasteiger partial charge in [0.25, 0.3) is 0 Å². The molecule has 2 aromatic carbocycles. The van der Waals surface area contributed by atoms with E-state index in [0.717, 1.165) is 26.1 Å². The maximum absolute atomic E-state index is 11.9. The van der Waals surface area contributed by atoms with E-state index in [9.17, 15) is 4.79 Å². The number of methoxy groups -OCH3 is 1. The van der Waals surface area contributed by atoms with Gasteiger partial charge in [-0.3, -0.25) is 4.90 Å². The number of likely N-dealkylation sites (tertiary alicyclic amines) is 1. The summed E-state index contributed by atoms with van der Waals surface area (Å²) < 4.78 is 10.8. The van der Waals surface area contributed by atoms with Gasteiger partial charge in [0.05, 0.1) is 7.11 Å². The molecular formula is C21H22N2O3. The van der Waals surface area contributed by atoms with E-state index < -0.39 is 5.97 Å². The maximum atomic E-state index is 11.9. The second-order valence-corrected chi connectivity index (χ2v) is 6.84. The van der Waals surface area contributed by atoms with Crippen molar-refractivity contribution in [2.45, 2.75) is 25.8 Å². The summed E-state index contributed by atoms with van der Waals surface area (Å²) in [7, 11) is 1.37. The quantitative estimate of drug-likeness (QED) is 0.668. The fourth-order valence-electron chi connectivity index (χ4n) is 3.62. The number of para-hydroxylation sites is 1. The molecular weight excluding hydrogens is 328 g/mol. The number of benzene rings is 2. The maximum Gasteiger partial charge on any atom is 0.341 e. The lowest BCUT2D eigenvalue weighted by Crippen LogP contribution is -2.20. The van der Waals surface area contributed by atoms with Gasteiger partial charge in [0.1, 0.15) is 11.1 Å². The third kappa shape index (κ3) is 3.10. The van der Waals surface area contributed by atoms with Crippen molar-refractivity contribution in [3.05, 3.63) is 65.0 Å². The van der Waals surface area contributed by atoms with Gasteiger partial charge in [-0.25, -0.2) is 9.78 Å². The van der Waals surface area contributed by atoms with Crippen molar-refractivity contribution in [2.24, 2.45) is 0 Å². The summed E-state index contributed by atoms with van der Waals surface area (Å²) in [5.41, 5.74) is 4.34. The molecule has 0 radical (unpaired) electrons. The molecule has 134 valence electrons. The van der Waals surface area contributed by atoms with Crippen molar-refractivity contribution in [1.82, 2.24) is 9.88 Å². The normalized spacial score (nSPS) is 17.7. The molecule has 1 fully saturated rings. The van der Waals surface area contributed by atoms with E-state index >= 15 is 0 Å². The number of nitrogens with zero attached hydrogens (tertiary/aromatic N) is 2. The Labute approximate surface area is 152 Å². The summed E-state index contributed by atoms with van der Waals surface area (Å²) in [6.07, 6.45) is 1.01. The van der Waals surface area contributed by atoms with Crippen molar-refractivity contribution in [1.29, 1.82) is 0 Å². The van der Waals surface area contributed by atoms with Gasteiger partial charge in [-0.05, 0) is 43.1 Å². The summed E-state index contributed by atoms with van der Waals surface area (Å²) in [6, 6.07) is 13.9. The van der Waals surface area contributed by atoms with E-state index in [4.69, 9.17) is 9.15 Å². The predicted octanol–water partition coefficient (Wildman–Crippen LogP) is 3.91. The van der Waals surface area contributed by atoms with Gasteiger partial charge in [-0.15, -0.1) is 0 Å². The van der Waals surface area contributed by atoms with E-state index in [2.05, 4.69) is 41.1 Å². The van der Waals surface area contributed by atoms with E-state index in [1.54, 1.807) is 12.1 Å². The Morgan fingerprint density at radius 2 is 2.12 bits per heavy atom. The first kappa shape index (κ1) is 16.8. The van der Waals surface area contributed by atoms with Crippen molar-refractivity contribution in [3.63, 3.8) is 0 Å². The highest BCUT2D eigenvalue weighted by molar-refractivity contribution is 6.00. The fourth-order valence-corrected chi connectivity index (χ4v) is 3.62. The number of fused-ring (bicyclic) bond motifs is 1. The molecule has 1 aliphatic rings. The van der Waals surface area contributed by atoms with Gasteiger partial charge < -0.3 is 9.15 Å². The van der Waals surface area contributed by atoms with Crippen LogP contribution in [0.3, 0.4) is 0 Å². The molecule has 0 spiro atoms. The van der Waals surface area contributed by atoms with Gasteiger partial charge in [-0.1, -0.05) is 30.3 Å². The molecule has 5 heteroatoms. The van der Waals surface area contributed by atoms with Gasteiger partial charge in [0, 0.05) is 19.0 Å². The molecule has 1 atom stereocenters. The van der Waals surface area contributed by atoms with Crippen LogP contribution in [0.1, 0.15) is 39.7 Å². The molecule has 1 aromatic heterocycles. The molecule has 4 rings (SSSR count). The number of hydrogen-bond donors (Lipinski definition) is 0. The van der Waals surface area contributed by atoms with Crippen LogP contribution in [-0.2, 0) is 11.3 Å².